The number of hydrogen-bond donors (Lipinski definition) is 1. The molecule has 0 radical (unpaired) electrons. The van der Waals surface area contributed by atoms with E-state index in [1.165, 1.54) is 57.4 Å². The van der Waals surface area contributed by atoms with Crippen LogP contribution in [0.5, 0.6) is 5.75 Å². The summed E-state index contributed by atoms with van der Waals surface area (Å²) in [5.41, 5.74) is 0.302. The van der Waals surface area contributed by atoms with Crippen LogP contribution in [-0.4, -0.2) is 17.8 Å². The Labute approximate surface area is 175 Å². The van der Waals surface area contributed by atoms with Gasteiger partial charge in [-0.3, -0.25) is 0 Å². The van der Waals surface area contributed by atoms with Crippen LogP contribution in [-0.2, 0) is 0 Å². The van der Waals surface area contributed by atoms with Gasteiger partial charge in [0.25, 0.3) is 0 Å². The third-order valence-electron chi connectivity index (χ3n) is 7.41. The van der Waals surface area contributed by atoms with Gasteiger partial charge in [-0.05, 0) is 68.4 Å². The van der Waals surface area contributed by atoms with Crippen molar-refractivity contribution >= 4 is 0 Å². The summed E-state index contributed by atoms with van der Waals surface area (Å²) in [7, 11) is 0. The maximum absolute atomic E-state index is 14.6. The Balaban J connectivity index is 1.54. The Morgan fingerprint density at radius 2 is 1.66 bits per heavy atom. The van der Waals surface area contributed by atoms with Crippen molar-refractivity contribution in [3.05, 3.63) is 29.3 Å². The van der Waals surface area contributed by atoms with Gasteiger partial charge in [0.15, 0.2) is 11.6 Å². The minimum absolute atomic E-state index is 0.0485. The van der Waals surface area contributed by atoms with Crippen molar-refractivity contribution in [3.8, 4) is 5.75 Å². The fourth-order valence-electron chi connectivity index (χ4n) is 5.70. The summed E-state index contributed by atoms with van der Waals surface area (Å²) in [6.45, 7) is 4.30. The van der Waals surface area contributed by atoms with E-state index in [1.54, 1.807) is 13.0 Å². The first kappa shape index (κ1) is 22.5. The first-order valence-electron chi connectivity index (χ1n) is 11.8. The van der Waals surface area contributed by atoms with Gasteiger partial charge in [0.2, 0.25) is 5.82 Å². The van der Waals surface area contributed by atoms with E-state index in [2.05, 4.69) is 6.92 Å². The zero-order valence-electron chi connectivity index (χ0n) is 18.1. The second-order valence-electron chi connectivity index (χ2n) is 9.24. The van der Waals surface area contributed by atoms with Crippen molar-refractivity contribution in [2.24, 2.45) is 17.8 Å². The number of benzene rings is 1. The molecule has 3 rings (SSSR count). The van der Waals surface area contributed by atoms with E-state index in [1.807, 2.05) is 0 Å². The molecule has 0 bridgehead atoms. The molecule has 4 heteroatoms. The third-order valence-corrected chi connectivity index (χ3v) is 7.41. The maximum atomic E-state index is 14.6. The lowest BCUT2D eigenvalue weighted by Crippen LogP contribution is -2.33. The van der Waals surface area contributed by atoms with E-state index < -0.39 is 17.7 Å². The van der Waals surface area contributed by atoms with Crippen molar-refractivity contribution in [3.63, 3.8) is 0 Å². The number of ether oxygens (including phenoxy) is 1. The van der Waals surface area contributed by atoms with Crippen LogP contribution < -0.4 is 4.74 Å². The zero-order chi connectivity index (χ0) is 20.8. The number of halogens is 2. The first-order chi connectivity index (χ1) is 14.0. The monoisotopic (exact) mass is 408 g/mol. The highest BCUT2D eigenvalue weighted by Gasteiger charge is 2.37. The Morgan fingerprint density at radius 1 is 0.931 bits per heavy atom. The van der Waals surface area contributed by atoms with Crippen molar-refractivity contribution in [2.75, 3.05) is 6.61 Å². The topological polar surface area (TPSA) is 29.5 Å². The number of hydrogen-bond acceptors (Lipinski definition) is 2. The van der Waals surface area contributed by atoms with E-state index in [-0.39, 0.29) is 11.7 Å². The van der Waals surface area contributed by atoms with Crippen LogP contribution in [0.2, 0.25) is 0 Å². The highest BCUT2D eigenvalue weighted by atomic mass is 19.2. The standard InChI is InChI=1S/C25H38F2O2/c1-3-5-6-7-17-8-10-18(11-9-17)19-12-13-20(22(28)16-19)21-14-15-23(29-4-2)25(27)24(21)26/h14-15,17-20,22,28H,3-13,16H2,1-2H3. The van der Waals surface area contributed by atoms with Gasteiger partial charge in [0.1, 0.15) is 0 Å². The Morgan fingerprint density at radius 3 is 2.31 bits per heavy atom. The van der Waals surface area contributed by atoms with E-state index in [0.29, 0.717) is 30.4 Å². The second kappa shape index (κ2) is 10.7. The van der Waals surface area contributed by atoms with Gasteiger partial charge in [-0.1, -0.05) is 51.5 Å². The highest BCUT2D eigenvalue weighted by molar-refractivity contribution is 5.34. The van der Waals surface area contributed by atoms with Crippen molar-refractivity contribution in [2.45, 2.75) is 96.5 Å². The molecule has 2 fully saturated rings. The molecule has 3 unspecified atom stereocenters. The summed E-state index contributed by atoms with van der Waals surface area (Å²) < 4.78 is 34.0. The smallest absolute Gasteiger partial charge is 0.200 e. The van der Waals surface area contributed by atoms with Gasteiger partial charge < -0.3 is 9.84 Å². The predicted octanol–water partition coefficient (Wildman–Crippen LogP) is 6.99. The molecule has 164 valence electrons. The van der Waals surface area contributed by atoms with E-state index in [0.717, 1.165) is 18.8 Å². The molecule has 2 aliphatic carbocycles. The van der Waals surface area contributed by atoms with Crippen LogP contribution in [0.4, 0.5) is 8.78 Å². The van der Waals surface area contributed by atoms with Gasteiger partial charge >= 0.3 is 0 Å². The van der Waals surface area contributed by atoms with E-state index in [4.69, 9.17) is 4.74 Å². The average molecular weight is 409 g/mol. The lowest BCUT2D eigenvalue weighted by molar-refractivity contribution is 0.0454. The quantitative estimate of drug-likeness (QED) is 0.470. The zero-order valence-corrected chi connectivity index (χ0v) is 18.1. The Hall–Kier alpha value is -1.16. The molecule has 2 nitrogen and oxygen atoms in total. The number of unbranched alkanes of at least 4 members (excludes halogenated alkanes) is 2. The van der Waals surface area contributed by atoms with Crippen LogP contribution >= 0.6 is 0 Å². The van der Waals surface area contributed by atoms with Gasteiger partial charge in [-0.2, -0.15) is 4.39 Å². The minimum Gasteiger partial charge on any atom is -0.491 e. The summed E-state index contributed by atoms with van der Waals surface area (Å²) >= 11 is 0. The van der Waals surface area contributed by atoms with Crippen LogP contribution in [0.25, 0.3) is 0 Å². The molecule has 0 amide bonds. The summed E-state index contributed by atoms with van der Waals surface area (Å²) in [5.74, 6) is -0.0519. The lowest BCUT2D eigenvalue weighted by atomic mass is 9.67. The van der Waals surface area contributed by atoms with Crippen LogP contribution in [0.1, 0.15) is 96.0 Å². The average Bonchev–Trinajstić information content (AvgIpc) is 2.73. The van der Waals surface area contributed by atoms with Crippen LogP contribution in [0, 0.1) is 29.4 Å². The maximum Gasteiger partial charge on any atom is 0.200 e. The SMILES string of the molecule is CCCCCC1CCC(C2CCC(c3ccc(OCC)c(F)c3F)C(O)C2)CC1. The summed E-state index contributed by atoms with van der Waals surface area (Å²) in [5, 5.41) is 10.8. The predicted molar refractivity (Wildman–Crippen MR) is 113 cm³/mol. The summed E-state index contributed by atoms with van der Waals surface area (Å²) in [6, 6.07) is 3.09. The molecule has 2 aliphatic rings. The molecule has 0 spiro atoms. The van der Waals surface area contributed by atoms with E-state index in [9.17, 15) is 13.9 Å². The van der Waals surface area contributed by atoms with Crippen molar-refractivity contribution in [1.82, 2.24) is 0 Å². The third kappa shape index (κ3) is 5.51. The normalized spacial score (nSPS) is 30.3. The van der Waals surface area contributed by atoms with Gasteiger partial charge in [0.05, 0.1) is 12.7 Å². The number of aliphatic hydroxyl groups excluding tert-OH is 1. The highest BCUT2D eigenvalue weighted by Crippen LogP contribution is 2.45. The molecule has 0 aromatic heterocycles. The fraction of sp³-hybridized carbons (Fsp3) is 0.760. The molecule has 29 heavy (non-hydrogen) atoms. The molecular weight excluding hydrogens is 370 g/mol. The molecule has 0 heterocycles. The minimum atomic E-state index is -0.930. The molecular formula is C25H38F2O2. The number of rotatable bonds is 8. The van der Waals surface area contributed by atoms with Crippen LogP contribution in [0.15, 0.2) is 12.1 Å². The largest absolute Gasteiger partial charge is 0.491 e. The Bertz CT molecular complexity index is 640. The molecule has 3 atom stereocenters. The molecule has 1 N–H and O–H groups in total. The van der Waals surface area contributed by atoms with Crippen LogP contribution in [0.3, 0.4) is 0 Å². The van der Waals surface area contributed by atoms with Gasteiger partial charge in [-0.25, -0.2) is 4.39 Å². The van der Waals surface area contributed by atoms with Crippen molar-refractivity contribution in [1.29, 1.82) is 0 Å². The van der Waals surface area contributed by atoms with Gasteiger partial charge in [0, 0.05) is 5.92 Å². The molecule has 1 aromatic rings. The van der Waals surface area contributed by atoms with Gasteiger partial charge in [-0.15, -0.1) is 0 Å². The Kier molecular flexibility index (Phi) is 8.35. The molecule has 2 saturated carbocycles. The second-order valence-corrected chi connectivity index (χ2v) is 9.24. The molecule has 0 aliphatic heterocycles. The van der Waals surface area contributed by atoms with Crippen molar-refractivity contribution < 1.29 is 18.6 Å². The summed E-state index contributed by atoms with van der Waals surface area (Å²) in [4.78, 5) is 0. The first-order valence-corrected chi connectivity index (χ1v) is 11.8. The molecule has 1 aromatic carbocycles. The molecule has 0 saturated heterocycles. The number of aliphatic hydroxyl groups is 1. The fourth-order valence-corrected chi connectivity index (χ4v) is 5.70. The van der Waals surface area contributed by atoms with E-state index >= 15 is 0 Å². The lowest BCUT2D eigenvalue weighted by Gasteiger charge is -2.40. The summed E-state index contributed by atoms with van der Waals surface area (Å²) in [6.07, 6.45) is 12.4.